The summed E-state index contributed by atoms with van der Waals surface area (Å²) >= 11 is 0. The van der Waals surface area contributed by atoms with E-state index in [9.17, 15) is 18.0 Å². The molecule has 8 heteroatoms. The van der Waals surface area contributed by atoms with Gasteiger partial charge < -0.3 is 15.0 Å². The Hall–Kier alpha value is -1.64. The van der Waals surface area contributed by atoms with Gasteiger partial charge in [0.1, 0.15) is 0 Å². The fraction of sp³-hybridized carbons (Fsp3) is 0.588. The van der Waals surface area contributed by atoms with E-state index in [4.69, 9.17) is 4.74 Å². The smallest absolute Gasteiger partial charge is 0.383 e. The largest absolute Gasteiger partial charge is 0.416 e. The highest BCUT2D eigenvalue weighted by molar-refractivity contribution is 5.78. The first kappa shape index (κ1) is 19.7. The Morgan fingerprint density at radius 1 is 1.24 bits per heavy atom. The number of methoxy groups -OCH3 is 1. The van der Waals surface area contributed by atoms with Crippen LogP contribution in [0.15, 0.2) is 24.3 Å². The van der Waals surface area contributed by atoms with Crippen LogP contribution in [0.1, 0.15) is 11.1 Å². The molecular weight excluding hydrogens is 335 g/mol. The highest BCUT2D eigenvalue weighted by Crippen LogP contribution is 2.29. The van der Waals surface area contributed by atoms with Gasteiger partial charge >= 0.3 is 6.18 Å². The number of piperazine rings is 1. The highest BCUT2D eigenvalue weighted by atomic mass is 19.4. The van der Waals surface area contributed by atoms with Crippen LogP contribution in [0.2, 0.25) is 0 Å². The van der Waals surface area contributed by atoms with Gasteiger partial charge in [-0.3, -0.25) is 9.69 Å². The quantitative estimate of drug-likeness (QED) is 0.751. The molecule has 1 aliphatic rings. The molecule has 25 heavy (non-hydrogen) atoms. The van der Waals surface area contributed by atoms with Crippen molar-refractivity contribution in [2.24, 2.45) is 0 Å². The number of hydrogen-bond donors (Lipinski definition) is 1. The van der Waals surface area contributed by atoms with Gasteiger partial charge in [0.05, 0.1) is 18.7 Å². The summed E-state index contributed by atoms with van der Waals surface area (Å²) in [6, 6.07) is 5.41. The molecule has 1 amide bonds. The third-order valence-corrected chi connectivity index (χ3v) is 4.14. The summed E-state index contributed by atoms with van der Waals surface area (Å²) in [4.78, 5) is 15.9. The third-order valence-electron chi connectivity index (χ3n) is 4.14. The van der Waals surface area contributed by atoms with Crippen LogP contribution >= 0.6 is 0 Å². The molecule has 1 N–H and O–H groups in total. The molecular formula is C17H24F3N3O2. The molecule has 0 aromatic heterocycles. The Labute approximate surface area is 145 Å². The van der Waals surface area contributed by atoms with E-state index in [0.29, 0.717) is 51.4 Å². The zero-order valence-electron chi connectivity index (χ0n) is 14.3. The van der Waals surface area contributed by atoms with Crippen LogP contribution in [0.4, 0.5) is 13.2 Å². The van der Waals surface area contributed by atoms with E-state index in [2.05, 4.69) is 10.2 Å². The second kappa shape index (κ2) is 9.17. The van der Waals surface area contributed by atoms with Crippen LogP contribution in [0, 0.1) is 0 Å². The van der Waals surface area contributed by atoms with Gasteiger partial charge in [-0.1, -0.05) is 18.2 Å². The summed E-state index contributed by atoms with van der Waals surface area (Å²) in [6.07, 6.45) is -4.32. The second-order valence-electron chi connectivity index (χ2n) is 6.02. The number of carbonyl (C=O) groups excluding carboxylic acids is 1. The maximum atomic E-state index is 12.8. The molecule has 1 aromatic carbocycles. The number of hydrogen-bond acceptors (Lipinski definition) is 4. The molecule has 0 aliphatic carbocycles. The van der Waals surface area contributed by atoms with E-state index in [1.807, 2.05) is 0 Å². The lowest BCUT2D eigenvalue weighted by Gasteiger charge is -2.35. The normalized spacial score (nSPS) is 16.2. The van der Waals surface area contributed by atoms with Gasteiger partial charge in [-0.15, -0.1) is 0 Å². The van der Waals surface area contributed by atoms with Crippen LogP contribution in [-0.2, 0) is 22.3 Å². The lowest BCUT2D eigenvalue weighted by atomic mass is 10.1. The van der Waals surface area contributed by atoms with Crippen molar-refractivity contribution in [1.82, 2.24) is 15.1 Å². The molecule has 1 fully saturated rings. The number of ether oxygens (including phenoxy) is 1. The minimum atomic E-state index is -4.32. The molecule has 1 saturated heterocycles. The molecule has 0 radical (unpaired) electrons. The standard InChI is InChI=1S/C17H24F3N3O2/c1-25-10-5-21-12-16(24)23-8-6-22(7-9-23)13-14-3-2-4-15(11-14)17(18,19)20/h2-4,11,21H,5-10,12-13H2,1H3. The highest BCUT2D eigenvalue weighted by Gasteiger charge is 2.30. The van der Waals surface area contributed by atoms with Crippen molar-refractivity contribution >= 4 is 5.91 Å². The van der Waals surface area contributed by atoms with Gasteiger partial charge in [-0.2, -0.15) is 13.2 Å². The average Bonchev–Trinajstić information content (AvgIpc) is 2.59. The van der Waals surface area contributed by atoms with Crippen LogP contribution < -0.4 is 5.32 Å². The minimum absolute atomic E-state index is 0.0369. The van der Waals surface area contributed by atoms with E-state index in [-0.39, 0.29) is 12.5 Å². The Balaban J connectivity index is 1.78. The number of nitrogens with zero attached hydrogens (tertiary/aromatic N) is 2. The van der Waals surface area contributed by atoms with Crippen molar-refractivity contribution in [3.05, 3.63) is 35.4 Å². The molecule has 1 aromatic rings. The van der Waals surface area contributed by atoms with Crippen molar-refractivity contribution in [2.75, 3.05) is 53.0 Å². The van der Waals surface area contributed by atoms with E-state index in [1.54, 1.807) is 18.1 Å². The Kier molecular flexibility index (Phi) is 7.22. The third kappa shape index (κ3) is 6.30. The number of nitrogens with one attached hydrogen (secondary N) is 1. The van der Waals surface area contributed by atoms with Crippen molar-refractivity contribution < 1.29 is 22.7 Å². The topological polar surface area (TPSA) is 44.8 Å². The van der Waals surface area contributed by atoms with Gasteiger partial charge in [-0.25, -0.2) is 0 Å². The van der Waals surface area contributed by atoms with E-state index in [1.165, 1.54) is 12.1 Å². The van der Waals surface area contributed by atoms with Gasteiger partial charge in [0.25, 0.3) is 0 Å². The van der Waals surface area contributed by atoms with Crippen molar-refractivity contribution in [3.8, 4) is 0 Å². The molecule has 2 rings (SSSR count). The predicted molar refractivity (Wildman–Crippen MR) is 88.0 cm³/mol. The molecule has 140 valence electrons. The molecule has 0 bridgehead atoms. The van der Waals surface area contributed by atoms with Crippen LogP contribution in [0.25, 0.3) is 0 Å². The fourth-order valence-corrected chi connectivity index (χ4v) is 2.74. The first-order valence-electron chi connectivity index (χ1n) is 8.26. The van der Waals surface area contributed by atoms with E-state index >= 15 is 0 Å². The fourth-order valence-electron chi connectivity index (χ4n) is 2.74. The summed E-state index contributed by atoms with van der Waals surface area (Å²) in [5.41, 5.74) is 0.0109. The van der Waals surface area contributed by atoms with Crippen molar-refractivity contribution in [3.63, 3.8) is 0 Å². The lowest BCUT2D eigenvalue weighted by Crippen LogP contribution is -2.50. The van der Waals surface area contributed by atoms with Gasteiger partial charge in [0, 0.05) is 46.4 Å². The second-order valence-corrected chi connectivity index (χ2v) is 6.02. The Bertz CT molecular complexity index is 558. The van der Waals surface area contributed by atoms with Crippen LogP contribution in [0.3, 0.4) is 0 Å². The summed E-state index contributed by atoms with van der Waals surface area (Å²) in [6.45, 7) is 4.39. The molecule has 1 heterocycles. The van der Waals surface area contributed by atoms with Crippen LogP contribution in [-0.4, -0.2) is 68.7 Å². The summed E-state index contributed by atoms with van der Waals surface area (Å²) in [5.74, 6) is 0.0369. The lowest BCUT2D eigenvalue weighted by molar-refractivity contribution is -0.137. The predicted octanol–water partition coefficient (Wildman–Crippen LogP) is 1.59. The Morgan fingerprint density at radius 3 is 2.60 bits per heavy atom. The van der Waals surface area contributed by atoms with E-state index < -0.39 is 11.7 Å². The SMILES string of the molecule is COCCNCC(=O)N1CCN(Cc2cccc(C(F)(F)F)c2)CC1. The number of amides is 1. The zero-order valence-corrected chi connectivity index (χ0v) is 14.3. The number of carbonyl (C=O) groups is 1. The maximum Gasteiger partial charge on any atom is 0.416 e. The minimum Gasteiger partial charge on any atom is -0.383 e. The van der Waals surface area contributed by atoms with Crippen molar-refractivity contribution in [1.29, 1.82) is 0 Å². The first-order valence-corrected chi connectivity index (χ1v) is 8.26. The summed E-state index contributed by atoms with van der Waals surface area (Å²) < 4.78 is 43.2. The van der Waals surface area contributed by atoms with Gasteiger partial charge in [0.2, 0.25) is 5.91 Å². The number of halogens is 3. The van der Waals surface area contributed by atoms with Crippen LogP contribution in [0.5, 0.6) is 0 Å². The number of benzene rings is 1. The molecule has 1 aliphatic heterocycles. The molecule has 5 nitrogen and oxygen atoms in total. The summed E-state index contributed by atoms with van der Waals surface area (Å²) in [5, 5.41) is 3.02. The molecule has 0 atom stereocenters. The Morgan fingerprint density at radius 2 is 1.96 bits per heavy atom. The summed E-state index contributed by atoms with van der Waals surface area (Å²) in [7, 11) is 1.60. The molecule has 0 unspecified atom stereocenters. The van der Waals surface area contributed by atoms with Gasteiger partial charge in [0.15, 0.2) is 0 Å². The maximum absolute atomic E-state index is 12.8. The molecule has 0 saturated carbocycles. The number of alkyl halides is 3. The number of rotatable bonds is 7. The average molecular weight is 359 g/mol. The monoisotopic (exact) mass is 359 g/mol. The first-order chi connectivity index (χ1) is 11.9. The van der Waals surface area contributed by atoms with E-state index in [0.717, 1.165) is 6.07 Å². The zero-order chi connectivity index (χ0) is 18.3. The van der Waals surface area contributed by atoms with Crippen molar-refractivity contribution in [2.45, 2.75) is 12.7 Å². The van der Waals surface area contributed by atoms with Gasteiger partial charge in [-0.05, 0) is 11.6 Å². The molecule has 0 spiro atoms.